The number of rotatable bonds is 5. The van der Waals surface area contributed by atoms with Gasteiger partial charge in [-0.1, -0.05) is 0 Å². The first-order valence-electron chi connectivity index (χ1n) is 8.47. The second kappa shape index (κ2) is 7.42. The molecule has 1 aliphatic heterocycles. The van der Waals surface area contributed by atoms with Gasteiger partial charge in [0, 0.05) is 18.7 Å². The number of ether oxygens (including phenoxy) is 2. The third-order valence-corrected chi connectivity index (χ3v) is 4.22. The van der Waals surface area contributed by atoms with Crippen molar-refractivity contribution < 1.29 is 14.3 Å². The van der Waals surface area contributed by atoms with Crippen molar-refractivity contribution in [3.63, 3.8) is 0 Å². The summed E-state index contributed by atoms with van der Waals surface area (Å²) in [5.41, 5.74) is 6.36. The van der Waals surface area contributed by atoms with E-state index in [-0.39, 0.29) is 11.9 Å². The van der Waals surface area contributed by atoms with Crippen molar-refractivity contribution in [3.8, 4) is 11.5 Å². The maximum absolute atomic E-state index is 13.0. The third-order valence-electron chi connectivity index (χ3n) is 4.22. The highest BCUT2D eigenvalue weighted by molar-refractivity contribution is 5.99. The molecule has 2 N–H and O–H groups in total. The number of hydrogen-bond acceptors (Lipinski definition) is 7. The molecular weight excluding hydrogens is 322 g/mol. The Morgan fingerprint density at radius 3 is 2.64 bits per heavy atom. The summed E-state index contributed by atoms with van der Waals surface area (Å²) in [4.78, 5) is 15.1. The van der Waals surface area contributed by atoms with Gasteiger partial charge < -0.3 is 20.1 Å². The van der Waals surface area contributed by atoms with Crippen LogP contribution in [0.3, 0.4) is 0 Å². The van der Waals surface area contributed by atoms with Crippen LogP contribution in [-0.4, -0.2) is 47.5 Å². The Labute approximate surface area is 146 Å². The monoisotopic (exact) mass is 345 g/mol. The number of hydrogen-bond donors (Lipinski definition) is 1. The van der Waals surface area contributed by atoms with Gasteiger partial charge in [-0.25, -0.2) is 4.57 Å². The zero-order valence-electron chi connectivity index (χ0n) is 14.6. The average Bonchev–Trinajstić information content (AvgIpc) is 3.03. The molecule has 8 nitrogen and oxygen atoms in total. The Bertz CT molecular complexity index is 753. The fraction of sp³-hybridized carbons (Fsp3) is 0.471. The first-order chi connectivity index (χ1) is 12.2. The first-order valence-corrected chi connectivity index (χ1v) is 8.47. The summed E-state index contributed by atoms with van der Waals surface area (Å²) in [6.07, 6.45) is 3.32. The van der Waals surface area contributed by atoms with Gasteiger partial charge in [-0.3, -0.25) is 4.79 Å². The molecule has 1 aliphatic rings. The van der Waals surface area contributed by atoms with Gasteiger partial charge in [0.1, 0.15) is 0 Å². The van der Waals surface area contributed by atoms with Crippen molar-refractivity contribution in [3.05, 3.63) is 23.8 Å². The molecular formula is C17H23N5O3. The van der Waals surface area contributed by atoms with Crippen LogP contribution in [0.5, 0.6) is 11.5 Å². The number of nitrogens with zero attached hydrogens (tertiary/aromatic N) is 4. The molecule has 0 spiro atoms. The van der Waals surface area contributed by atoms with E-state index in [9.17, 15) is 4.79 Å². The summed E-state index contributed by atoms with van der Waals surface area (Å²) >= 11 is 0. The molecule has 0 bridgehead atoms. The second-order valence-corrected chi connectivity index (χ2v) is 5.85. The highest BCUT2D eigenvalue weighted by Gasteiger charge is 2.24. The maximum atomic E-state index is 13.0. The summed E-state index contributed by atoms with van der Waals surface area (Å²) in [5, 5.41) is 8.02. The molecule has 1 aromatic heterocycles. The molecule has 25 heavy (non-hydrogen) atoms. The Morgan fingerprint density at radius 1 is 1.20 bits per heavy atom. The number of nitrogen functional groups attached to an aromatic ring is 1. The number of nitrogens with two attached hydrogens (primary N) is 1. The smallest absolute Gasteiger partial charge is 0.267 e. The van der Waals surface area contributed by atoms with Crippen molar-refractivity contribution in [2.24, 2.45) is 0 Å². The van der Waals surface area contributed by atoms with Crippen molar-refractivity contribution in [2.75, 3.05) is 37.4 Å². The lowest BCUT2D eigenvalue weighted by molar-refractivity contribution is 0.0962. The van der Waals surface area contributed by atoms with Gasteiger partial charge in [0.15, 0.2) is 11.5 Å². The van der Waals surface area contributed by atoms with Crippen LogP contribution in [0.4, 0.5) is 11.9 Å². The van der Waals surface area contributed by atoms with Crippen LogP contribution in [0, 0.1) is 0 Å². The number of piperidine rings is 1. The lowest BCUT2D eigenvalue weighted by Gasteiger charge is -2.27. The molecule has 0 saturated carbocycles. The van der Waals surface area contributed by atoms with E-state index >= 15 is 0 Å². The van der Waals surface area contributed by atoms with Crippen LogP contribution in [0.1, 0.15) is 36.5 Å². The second-order valence-electron chi connectivity index (χ2n) is 5.85. The van der Waals surface area contributed by atoms with Crippen LogP contribution in [-0.2, 0) is 0 Å². The summed E-state index contributed by atoms with van der Waals surface area (Å²) in [5.74, 6) is 1.38. The van der Waals surface area contributed by atoms with Gasteiger partial charge in [-0.2, -0.15) is 0 Å². The van der Waals surface area contributed by atoms with E-state index in [0.717, 1.165) is 25.9 Å². The molecule has 2 heterocycles. The largest absolute Gasteiger partial charge is 0.493 e. The van der Waals surface area contributed by atoms with Gasteiger partial charge in [-0.15, -0.1) is 10.2 Å². The van der Waals surface area contributed by atoms with Crippen molar-refractivity contribution in [1.82, 2.24) is 14.8 Å². The quantitative estimate of drug-likeness (QED) is 0.885. The highest BCUT2D eigenvalue weighted by Crippen LogP contribution is 2.29. The Hall–Kier alpha value is -2.77. The number of methoxy groups -OCH3 is 1. The minimum atomic E-state index is -0.285. The van der Waals surface area contributed by atoms with Crippen molar-refractivity contribution in [1.29, 1.82) is 0 Å². The number of carbonyl (C=O) groups excluding carboxylic acids is 1. The zero-order valence-corrected chi connectivity index (χ0v) is 14.6. The fourth-order valence-corrected chi connectivity index (χ4v) is 2.99. The summed E-state index contributed by atoms with van der Waals surface area (Å²) in [6, 6.07) is 5.05. The summed E-state index contributed by atoms with van der Waals surface area (Å²) in [7, 11) is 1.56. The van der Waals surface area contributed by atoms with Crippen molar-refractivity contribution >= 4 is 17.8 Å². The first kappa shape index (κ1) is 17.1. The van der Waals surface area contributed by atoms with Crippen molar-refractivity contribution in [2.45, 2.75) is 26.2 Å². The molecule has 0 aliphatic carbocycles. The van der Waals surface area contributed by atoms with E-state index in [1.807, 2.05) is 6.92 Å². The molecule has 8 heteroatoms. The predicted molar refractivity (Wildman–Crippen MR) is 94.4 cm³/mol. The van der Waals surface area contributed by atoms with Gasteiger partial charge >= 0.3 is 0 Å². The van der Waals surface area contributed by atoms with Crippen LogP contribution < -0.4 is 20.1 Å². The fourth-order valence-electron chi connectivity index (χ4n) is 2.99. The third kappa shape index (κ3) is 3.38. The molecule has 0 amide bonds. The molecule has 3 rings (SSSR count). The molecule has 0 radical (unpaired) electrons. The van der Waals surface area contributed by atoms with E-state index in [4.69, 9.17) is 15.2 Å². The van der Waals surface area contributed by atoms with E-state index < -0.39 is 0 Å². The van der Waals surface area contributed by atoms with Crippen LogP contribution in [0.25, 0.3) is 0 Å². The highest BCUT2D eigenvalue weighted by atomic mass is 16.5. The zero-order chi connectivity index (χ0) is 17.8. The van der Waals surface area contributed by atoms with Gasteiger partial charge in [0.2, 0.25) is 11.9 Å². The molecule has 134 valence electrons. The summed E-state index contributed by atoms with van der Waals surface area (Å²) < 4.78 is 12.2. The van der Waals surface area contributed by atoms with E-state index in [0.29, 0.717) is 29.6 Å². The number of anilines is 2. The lowest BCUT2D eigenvalue weighted by Crippen LogP contribution is -2.33. The molecule has 1 aromatic carbocycles. The van der Waals surface area contributed by atoms with E-state index in [2.05, 4.69) is 15.1 Å². The number of carbonyl (C=O) groups is 1. The Balaban J connectivity index is 1.95. The number of aromatic nitrogens is 3. The molecule has 0 atom stereocenters. The minimum Gasteiger partial charge on any atom is -0.493 e. The van der Waals surface area contributed by atoms with Gasteiger partial charge in [0.05, 0.1) is 13.7 Å². The SMILES string of the molecule is CCOc1cc(C(=O)n2c(N)nnc2N2CCCCC2)ccc1OC. The average molecular weight is 345 g/mol. The molecule has 1 fully saturated rings. The van der Waals surface area contributed by atoms with Gasteiger partial charge in [-0.05, 0) is 44.4 Å². The molecule has 2 aromatic rings. The van der Waals surface area contributed by atoms with Crippen LogP contribution in [0.15, 0.2) is 18.2 Å². The standard InChI is InChI=1S/C17H23N5O3/c1-3-25-14-11-12(7-8-13(14)24-2)15(23)22-16(18)19-20-17(22)21-9-5-4-6-10-21/h7-8,11H,3-6,9-10H2,1-2H3,(H2,18,19). The maximum Gasteiger partial charge on any atom is 0.267 e. The minimum absolute atomic E-state index is 0.0827. The molecule has 1 saturated heterocycles. The van der Waals surface area contributed by atoms with Crippen LogP contribution >= 0.6 is 0 Å². The van der Waals surface area contributed by atoms with E-state index in [1.165, 1.54) is 11.0 Å². The normalized spacial score (nSPS) is 14.4. The van der Waals surface area contributed by atoms with E-state index in [1.54, 1.807) is 25.3 Å². The lowest BCUT2D eigenvalue weighted by atomic mass is 10.1. The molecule has 0 unspecified atom stereocenters. The topological polar surface area (TPSA) is 95.5 Å². The Morgan fingerprint density at radius 2 is 1.96 bits per heavy atom. The summed E-state index contributed by atoms with van der Waals surface area (Å²) in [6.45, 7) is 4.04. The predicted octanol–water partition coefficient (Wildman–Crippen LogP) is 1.95. The number of benzene rings is 1. The van der Waals surface area contributed by atoms with Crippen LogP contribution in [0.2, 0.25) is 0 Å². The Kier molecular flexibility index (Phi) is 5.06. The van der Waals surface area contributed by atoms with Gasteiger partial charge in [0.25, 0.3) is 5.91 Å².